The molecule has 2 N–H and O–H groups in total. The Kier molecular flexibility index (Phi) is 15.5. The van der Waals surface area contributed by atoms with E-state index in [0.717, 1.165) is 13.0 Å². The Bertz CT molecular complexity index is 231. The van der Waals surface area contributed by atoms with Crippen LogP contribution in [0.1, 0.15) is 27.2 Å². The Labute approximate surface area is 135 Å². The number of nitrogens with two attached hydrogens (primary N) is 1. The molecule has 0 bridgehead atoms. The molecule has 3 atom stereocenters. The van der Waals surface area contributed by atoms with Crippen molar-refractivity contribution in [3.63, 3.8) is 0 Å². The summed E-state index contributed by atoms with van der Waals surface area (Å²) in [5.74, 6) is 0.267. The Morgan fingerprint density at radius 3 is 2.14 bits per heavy atom. The highest BCUT2D eigenvalue weighted by molar-refractivity contribution is 4.73. The molecule has 0 aliphatic rings. The summed E-state index contributed by atoms with van der Waals surface area (Å²) in [4.78, 5) is 0. The second-order valence-electron chi connectivity index (χ2n) is 5.22. The van der Waals surface area contributed by atoms with Gasteiger partial charge in [-0.3, -0.25) is 0 Å². The van der Waals surface area contributed by atoms with Crippen molar-refractivity contribution < 1.29 is 23.7 Å². The lowest BCUT2D eigenvalue weighted by molar-refractivity contribution is -0.0747. The van der Waals surface area contributed by atoms with Gasteiger partial charge in [0.2, 0.25) is 0 Å². The first-order valence-electron chi connectivity index (χ1n) is 8.25. The van der Waals surface area contributed by atoms with Crippen molar-refractivity contribution in [2.45, 2.75) is 39.4 Å². The number of hydrogen-bond donors (Lipinski definition) is 1. The van der Waals surface area contributed by atoms with Crippen molar-refractivity contribution in [2.24, 2.45) is 11.7 Å². The summed E-state index contributed by atoms with van der Waals surface area (Å²) in [7, 11) is 1.67. The molecule has 0 rings (SSSR count). The molecule has 0 aromatic heterocycles. The summed E-state index contributed by atoms with van der Waals surface area (Å²) in [6.07, 6.45) is 1.00. The van der Waals surface area contributed by atoms with Crippen LogP contribution in [0.4, 0.5) is 0 Å². The smallest absolute Gasteiger partial charge is 0.0704 e. The monoisotopic (exact) mass is 321 g/mol. The van der Waals surface area contributed by atoms with E-state index in [1.807, 2.05) is 6.92 Å². The first-order chi connectivity index (χ1) is 10.7. The van der Waals surface area contributed by atoms with Gasteiger partial charge in [0.25, 0.3) is 0 Å². The van der Waals surface area contributed by atoms with E-state index in [-0.39, 0.29) is 18.1 Å². The molecule has 0 spiro atoms. The molecule has 0 saturated heterocycles. The fourth-order valence-electron chi connectivity index (χ4n) is 2.06. The summed E-state index contributed by atoms with van der Waals surface area (Å²) in [6, 6.07) is 0. The van der Waals surface area contributed by atoms with Gasteiger partial charge in [0, 0.05) is 19.6 Å². The molecule has 0 amide bonds. The first kappa shape index (κ1) is 21.8. The van der Waals surface area contributed by atoms with Gasteiger partial charge in [-0.1, -0.05) is 6.92 Å². The Morgan fingerprint density at radius 1 is 0.864 bits per heavy atom. The van der Waals surface area contributed by atoms with Crippen molar-refractivity contribution in [2.75, 3.05) is 59.9 Å². The van der Waals surface area contributed by atoms with Crippen molar-refractivity contribution >= 4 is 0 Å². The summed E-state index contributed by atoms with van der Waals surface area (Å²) < 4.78 is 27.3. The van der Waals surface area contributed by atoms with Gasteiger partial charge in [-0.2, -0.15) is 0 Å². The zero-order chi connectivity index (χ0) is 16.6. The number of ether oxygens (including phenoxy) is 5. The highest BCUT2D eigenvalue weighted by Gasteiger charge is 2.23. The lowest BCUT2D eigenvalue weighted by Gasteiger charge is -2.29. The second-order valence-corrected chi connectivity index (χ2v) is 5.22. The Hall–Kier alpha value is -0.240. The Morgan fingerprint density at radius 2 is 1.50 bits per heavy atom. The van der Waals surface area contributed by atoms with Crippen molar-refractivity contribution in [1.29, 1.82) is 0 Å². The number of hydrogen-bond acceptors (Lipinski definition) is 6. The van der Waals surface area contributed by atoms with E-state index >= 15 is 0 Å². The zero-order valence-corrected chi connectivity index (χ0v) is 14.7. The van der Waals surface area contributed by atoms with E-state index in [2.05, 4.69) is 13.8 Å². The summed E-state index contributed by atoms with van der Waals surface area (Å²) in [5, 5.41) is 0. The largest absolute Gasteiger partial charge is 0.382 e. The van der Waals surface area contributed by atoms with E-state index in [1.54, 1.807) is 7.11 Å². The number of rotatable bonds is 16. The SMILES string of the molecule is CCOCCOCCOC(CCN)C(C)C(C)OCCOC. The van der Waals surface area contributed by atoms with E-state index in [9.17, 15) is 0 Å². The second kappa shape index (κ2) is 15.6. The van der Waals surface area contributed by atoms with Crippen LogP contribution in [0.15, 0.2) is 0 Å². The van der Waals surface area contributed by atoms with E-state index in [1.165, 1.54) is 0 Å². The molecule has 0 heterocycles. The predicted octanol–water partition coefficient (Wildman–Crippen LogP) is 1.46. The maximum Gasteiger partial charge on any atom is 0.0704 e. The highest BCUT2D eigenvalue weighted by atomic mass is 16.5. The van der Waals surface area contributed by atoms with E-state index in [4.69, 9.17) is 29.4 Å². The fraction of sp³-hybridized carbons (Fsp3) is 1.00. The molecule has 6 nitrogen and oxygen atoms in total. The number of methoxy groups -OCH3 is 1. The zero-order valence-electron chi connectivity index (χ0n) is 14.7. The van der Waals surface area contributed by atoms with Crippen LogP contribution in [0.5, 0.6) is 0 Å². The molecular weight excluding hydrogens is 286 g/mol. The average molecular weight is 321 g/mol. The van der Waals surface area contributed by atoms with Crippen LogP contribution in [0, 0.1) is 5.92 Å². The standard InChI is InChI=1S/C16H35NO5/c1-5-19-9-10-20-11-13-22-16(6-7-17)14(2)15(3)21-12-8-18-4/h14-16H,5-13,17H2,1-4H3. The van der Waals surface area contributed by atoms with Gasteiger partial charge in [-0.05, 0) is 26.8 Å². The van der Waals surface area contributed by atoms with Crippen LogP contribution in [-0.4, -0.2) is 72.1 Å². The molecule has 134 valence electrons. The third-order valence-electron chi connectivity index (χ3n) is 3.58. The van der Waals surface area contributed by atoms with Crippen LogP contribution >= 0.6 is 0 Å². The van der Waals surface area contributed by atoms with Gasteiger partial charge < -0.3 is 29.4 Å². The summed E-state index contributed by atoms with van der Waals surface area (Å²) >= 11 is 0. The minimum absolute atomic E-state index is 0.0815. The van der Waals surface area contributed by atoms with Crippen molar-refractivity contribution in [1.82, 2.24) is 0 Å². The van der Waals surface area contributed by atoms with Crippen molar-refractivity contribution in [3.05, 3.63) is 0 Å². The van der Waals surface area contributed by atoms with Crippen LogP contribution in [-0.2, 0) is 23.7 Å². The minimum Gasteiger partial charge on any atom is -0.382 e. The lowest BCUT2D eigenvalue weighted by Crippen LogP contribution is -2.34. The van der Waals surface area contributed by atoms with E-state index in [0.29, 0.717) is 46.2 Å². The molecule has 0 fully saturated rings. The van der Waals surface area contributed by atoms with Gasteiger partial charge in [0.05, 0.1) is 51.8 Å². The fourth-order valence-corrected chi connectivity index (χ4v) is 2.06. The molecule has 0 aliphatic carbocycles. The van der Waals surface area contributed by atoms with Gasteiger partial charge in [-0.25, -0.2) is 0 Å². The highest BCUT2D eigenvalue weighted by Crippen LogP contribution is 2.17. The normalized spacial score (nSPS) is 15.7. The van der Waals surface area contributed by atoms with Gasteiger partial charge in [-0.15, -0.1) is 0 Å². The van der Waals surface area contributed by atoms with Crippen molar-refractivity contribution in [3.8, 4) is 0 Å². The molecule has 0 aromatic rings. The summed E-state index contributed by atoms with van der Waals surface area (Å²) in [5.41, 5.74) is 5.69. The molecule has 22 heavy (non-hydrogen) atoms. The average Bonchev–Trinajstić information content (AvgIpc) is 2.52. The van der Waals surface area contributed by atoms with E-state index < -0.39 is 0 Å². The molecule has 3 unspecified atom stereocenters. The van der Waals surface area contributed by atoms with Crippen LogP contribution in [0.25, 0.3) is 0 Å². The van der Waals surface area contributed by atoms with Crippen LogP contribution < -0.4 is 5.73 Å². The summed E-state index contributed by atoms with van der Waals surface area (Å²) in [6.45, 7) is 11.0. The first-order valence-corrected chi connectivity index (χ1v) is 8.25. The molecule has 0 aromatic carbocycles. The minimum atomic E-state index is 0.0815. The molecule has 0 aliphatic heterocycles. The lowest BCUT2D eigenvalue weighted by atomic mass is 9.96. The molecular formula is C16H35NO5. The maximum absolute atomic E-state index is 5.92. The van der Waals surface area contributed by atoms with Gasteiger partial charge in [0.1, 0.15) is 0 Å². The third-order valence-corrected chi connectivity index (χ3v) is 3.58. The third kappa shape index (κ3) is 11.3. The van der Waals surface area contributed by atoms with Gasteiger partial charge >= 0.3 is 0 Å². The predicted molar refractivity (Wildman–Crippen MR) is 87.2 cm³/mol. The Balaban J connectivity index is 3.91. The van der Waals surface area contributed by atoms with Crippen LogP contribution in [0.2, 0.25) is 0 Å². The molecule has 6 heteroatoms. The van der Waals surface area contributed by atoms with Crippen LogP contribution in [0.3, 0.4) is 0 Å². The maximum atomic E-state index is 5.92. The molecule has 0 saturated carbocycles. The topological polar surface area (TPSA) is 72.2 Å². The molecule has 0 radical (unpaired) electrons. The quantitative estimate of drug-likeness (QED) is 0.434. The van der Waals surface area contributed by atoms with Gasteiger partial charge in [0.15, 0.2) is 0 Å².